The highest BCUT2D eigenvalue weighted by Gasteiger charge is 2.27. The topological polar surface area (TPSA) is 85.3 Å². The van der Waals surface area contributed by atoms with Gasteiger partial charge in [0.25, 0.3) is 5.91 Å². The van der Waals surface area contributed by atoms with Gasteiger partial charge in [-0.05, 0) is 25.5 Å². The van der Waals surface area contributed by atoms with Crippen LogP contribution in [0.1, 0.15) is 37.0 Å². The molecule has 1 fully saturated rings. The molecular weight excluding hydrogens is 362 g/mol. The third-order valence-electron chi connectivity index (χ3n) is 3.84. The molecule has 144 valence electrons. The second kappa shape index (κ2) is 9.64. The van der Waals surface area contributed by atoms with Gasteiger partial charge in [-0.15, -0.1) is 0 Å². The predicted molar refractivity (Wildman–Crippen MR) is 96.3 cm³/mol. The summed E-state index contributed by atoms with van der Waals surface area (Å²) >= 11 is 6.31. The fourth-order valence-electron chi connectivity index (χ4n) is 2.70. The van der Waals surface area contributed by atoms with Crippen molar-refractivity contribution in [3.63, 3.8) is 0 Å². The van der Waals surface area contributed by atoms with E-state index in [4.69, 9.17) is 30.9 Å². The number of benzene rings is 1. The van der Waals surface area contributed by atoms with Crippen LogP contribution in [0.3, 0.4) is 0 Å². The zero-order chi connectivity index (χ0) is 19.1. The number of aliphatic carboxylic acids is 1. The fraction of sp³-hybridized carbons (Fsp3) is 0.556. The largest absolute Gasteiger partial charge is 0.490 e. The van der Waals surface area contributed by atoms with Gasteiger partial charge in [0, 0.05) is 18.7 Å². The van der Waals surface area contributed by atoms with E-state index in [1.807, 2.05) is 13.8 Å². The summed E-state index contributed by atoms with van der Waals surface area (Å²) in [5.74, 6) is -0.346. The molecule has 0 aliphatic carbocycles. The van der Waals surface area contributed by atoms with Crippen molar-refractivity contribution in [3.05, 3.63) is 22.7 Å². The van der Waals surface area contributed by atoms with E-state index in [2.05, 4.69) is 0 Å². The molecule has 0 unspecified atom stereocenters. The first-order valence-electron chi connectivity index (χ1n) is 8.68. The van der Waals surface area contributed by atoms with E-state index in [1.54, 1.807) is 17.0 Å². The lowest BCUT2D eigenvalue weighted by atomic mass is 10.1. The van der Waals surface area contributed by atoms with Gasteiger partial charge >= 0.3 is 5.97 Å². The Morgan fingerprint density at radius 3 is 2.77 bits per heavy atom. The lowest BCUT2D eigenvalue weighted by molar-refractivity contribution is -0.141. The Morgan fingerprint density at radius 2 is 2.12 bits per heavy atom. The molecule has 0 aromatic heterocycles. The first kappa shape index (κ1) is 20.3. The Hall–Kier alpha value is -1.99. The highest BCUT2D eigenvalue weighted by molar-refractivity contribution is 6.32. The molecule has 1 aliphatic rings. The van der Waals surface area contributed by atoms with Crippen molar-refractivity contribution in [2.24, 2.45) is 0 Å². The molecule has 2 rings (SSSR count). The van der Waals surface area contributed by atoms with E-state index < -0.39 is 12.1 Å². The minimum absolute atomic E-state index is 0.140. The Morgan fingerprint density at radius 1 is 1.35 bits per heavy atom. The highest BCUT2D eigenvalue weighted by atomic mass is 35.5. The molecule has 1 atom stereocenters. The van der Waals surface area contributed by atoms with Gasteiger partial charge in [-0.25, -0.2) is 0 Å². The van der Waals surface area contributed by atoms with Crippen LogP contribution in [0.15, 0.2) is 12.1 Å². The predicted octanol–water partition coefficient (Wildman–Crippen LogP) is 2.84. The van der Waals surface area contributed by atoms with Crippen molar-refractivity contribution in [3.8, 4) is 11.5 Å². The maximum atomic E-state index is 12.8. The molecule has 26 heavy (non-hydrogen) atoms. The van der Waals surface area contributed by atoms with E-state index in [0.717, 1.165) is 6.42 Å². The zero-order valence-corrected chi connectivity index (χ0v) is 15.8. The summed E-state index contributed by atoms with van der Waals surface area (Å²) in [6, 6.07) is 3.17. The minimum atomic E-state index is -0.955. The monoisotopic (exact) mass is 385 g/mol. The van der Waals surface area contributed by atoms with Crippen LogP contribution >= 0.6 is 11.6 Å². The average Bonchev–Trinajstić information content (AvgIpc) is 2.60. The number of carbonyl (C=O) groups is 2. The van der Waals surface area contributed by atoms with Gasteiger partial charge in [0.1, 0.15) is 0 Å². The molecule has 1 aliphatic heterocycles. The van der Waals surface area contributed by atoms with E-state index in [0.29, 0.717) is 48.5 Å². The second-order valence-corrected chi connectivity index (χ2v) is 6.32. The van der Waals surface area contributed by atoms with Crippen LogP contribution in [0.4, 0.5) is 0 Å². The number of morpholine rings is 1. The number of ether oxygens (including phenoxy) is 3. The molecule has 0 bridgehead atoms. The Labute approximate surface area is 157 Å². The Kier molecular flexibility index (Phi) is 7.53. The van der Waals surface area contributed by atoms with Gasteiger partial charge in [0.2, 0.25) is 0 Å². The summed E-state index contributed by atoms with van der Waals surface area (Å²) in [4.78, 5) is 25.3. The lowest BCUT2D eigenvalue weighted by Gasteiger charge is -2.32. The van der Waals surface area contributed by atoms with Crippen molar-refractivity contribution in [1.29, 1.82) is 0 Å². The SMILES string of the molecule is CCCOc1c(Cl)cc(C(=O)N2CCO[C@H](CC(=O)O)C2)cc1OCC. The Bertz CT molecular complexity index is 651. The molecule has 1 heterocycles. The van der Waals surface area contributed by atoms with Crippen LogP contribution in [-0.4, -0.2) is 60.9 Å². The molecule has 0 radical (unpaired) electrons. The second-order valence-electron chi connectivity index (χ2n) is 5.91. The molecule has 0 saturated carbocycles. The summed E-state index contributed by atoms with van der Waals surface area (Å²) in [6.07, 6.45) is 0.166. The summed E-state index contributed by atoms with van der Waals surface area (Å²) in [7, 11) is 0. The van der Waals surface area contributed by atoms with E-state index in [-0.39, 0.29) is 18.9 Å². The van der Waals surface area contributed by atoms with Gasteiger partial charge in [0.15, 0.2) is 11.5 Å². The normalized spacial score (nSPS) is 17.0. The summed E-state index contributed by atoms with van der Waals surface area (Å²) < 4.78 is 16.6. The molecule has 1 amide bonds. The highest BCUT2D eigenvalue weighted by Crippen LogP contribution is 2.37. The van der Waals surface area contributed by atoms with E-state index in [1.165, 1.54) is 0 Å². The molecule has 1 aromatic rings. The summed E-state index contributed by atoms with van der Waals surface area (Å²) in [5, 5.41) is 9.22. The zero-order valence-electron chi connectivity index (χ0n) is 15.0. The Balaban J connectivity index is 2.20. The van der Waals surface area contributed by atoms with Crippen LogP contribution in [0.5, 0.6) is 11.5 Å². The van der Waals surface area contributed by atoms with Crippen molar-refractivity contribution in [2.75, 3.05) is 32.9 Å². The van der Waals surface area contributed by atoms with E-state index >= 15 is 0 Å². The summed E-state index contributed by atoms with van der Waals surface area (Å²) in [5.41, 5.74) is 0.373. The van der Waals surface area contributed by atoms with Crippen LogP contribution < -0.4 is 9.47 Å². The number of halogens is 1. The molecule has 7 nitrogen and oxygen atoms in total. The molecule has 8 heteroatoms. The number of carbonyl (C=O) groups excluding carboxylic acids is 1. The molecular formula is C18H24ClNO6. The van der Waals surface area contributed by atoms with Gasteiger partial charge in [0.05, 0.1) is 37.4 Å². The van der Waals surface area contributed by atoms with Crippen molar-refractivity contribution >= 4 is 23.5 Å². The van der Waals surface area contributed by atoms with Crippen LogP contribution in [0.25, 0.3) is 0 Å². The van der Waals surface area contributed by atoms with Crippen LogP contribution in [0.2, 0.25) is 5.02 Å². The van der Waals surface area contributed by atoms with Crippen molar-refractivity contribution in [2.45, 2.75) is 32.8 Å². The first-order valence-corrected chi connectivity index (χ1v) is 9.05. The number of carboxylic acids is 1. The van der Waals surface area contributed by atoms with E-state index in [9.17, 15) is 9.59 Å². The maximum absolute atomic E-state index is 12.8. The third-order valence-corrected chi connectivity index (χ3v) is 4.12. The molecule has 1 N–H and O–H groups in total. The van der Waals surface area contributed by atoms with Gasteiger partial charge in [-0.2, -0.15) is 0 Å². The summed E-state index contributed by atoms with van der Waals surface area (Å²) in [6.45, 7) is 5.64. The molecule has 0 spiro atoms. The number of carboxylic acid groups (broad SMARTS) is 1. The maximum Gasteiger partial charge on any atom is 0.306 e. The van der Waals surface area contributed by atoms with Crippen molar-refractivity contribution < 1.29 is 28.9 Å². The first-order chi connectivity index (χ1) is 12.5. The molecule has 1 aromatic carbocycles. The number of rotatable bonds is 8. The standard InChI is InChI=1S/C18H24ClNO6/c1-3-6-26-17-14(19)8-12(9-15(17)24-4-2)18(23)20-5-7-25-13(11-20)10-16(21)22/h8-9,13H,3-7,10-11H2,1-2H3,(H,21,22)/t13-/m1/s1. The smallest absolute Gasteiger partial charge is 0.306 e. The quantitative estimate of drug-likeness (QED) is 0.740. The van der Waals surface area contributed by atoms with Gasteiger partial charge in [-0.1, -0.05) is 18.5 Å². The molecule has 1 saturated heterocycles. The number of hydrogen-bond donors (Lipinski definition) is 1. The number of amides is 1. The number of hydrogen-bond acceptors (Lipinski definition) is 5. The minimum Gasteiger partial charge on any atom is -0.490 e. The van der Waals surface area contributed by atoms with Crippen LogP contribution in [0, 0.1) is 0 Å². The fourth-order valence-corrected chi connectivity index (χ4v) is 2.97. The van der Waals surface area contributed by atoms with Gasteiger partial charge in [-0.3, -0.25) is 9.59 Å². The average molecular weight is 386 g/mol. The number of nitrogens with zero attached hydrogens (tertiary/aromatic N) is 1. The van der Waals surface area contributed by atoms with Gasteiger partial charge < -0.3 is 24.2 Å². The lowest BCUT2D eigenvalue weighted by Crippen LogP contribution is -2.46. The van der Waals surface area contributed by atoms with Crippen molar-refractivity contribution in [1.82, 2.24) is 4.90 Å². The van der Waals surface area contributed by atoms with Crippen LogP contribution in [-0.2, 0) is 9.53 Å². The third kappa shape index (κ3) is 5.25.